The van der Waals surface area contributed by atoms with Crippen molar-refractivity contribution in [3.05, 3.63) is 24.8 Å². The van der Waals surface area contributed by atoms with E-state index in [2.05, 4.69) is 46.9 Å². The summed E-state index contributed by atoms with van der Waals surface area (Å²) >= 11 is 0. The maximum atomic E-state index is 5.43. The van der Waals surface area contributed by atoms with Gasteiger partial charge < -0.3 is 19.4 Å². The average molecular weight is 395 g/mol. The number of morpholine rings is 1. The largest absolute Gasteiger partial charge is 0.378 e. The number of nitrogens with one attached hydrogen (secondary N) is 1. The molecule has 0 amide bonds. The molecular weight excluding hydrogens is 370 g/mol. The van der Waals surface area contributed by atoms with Gasteiger partial charge in [0, 0.05) is 45.5 Å². The number of aromatic nitrogens is 6. The smallest absolute Gasteiger partial charge is 0.227 e. The zero-order valence-electron chi connectivity index (χ0n) is 16.5. The number of H-pyrrole nitrogens is 1. The van der Waals surface area contributed by atoms with E-state index in [1.54, 1.807) is 12.5 Å². The van der Waals surface area contributed by atoms with Crippen LogP contribution in [0.4, 0.5) is 17.6 Å². The minimum absolute atomic E-state index is 0.431. The summed E-state index contributed by atoms with van der Waals surface area (Å²) in [5, 5.41) is 7.99. The maximum Gasteiger partial charge on any atom is 0.227 e. The number of hydrogen-bond acceptors (Lipinski definition) is 9. The van der Waals surface area contributed by atoms with Crippen LogP contribution in [0.2, 0.25) is 0 Å². The van der Waals surface area contributed by atoms with Crippen LogP contribution in [-0.4, -0.2) is 82.6 Å². The van der Waals surface area contributed by atoms with Gasteiger partial charge in [0.05, 0.1) is 24.8 Å². The number of fused-ring (bicyclic) bond motifs is 1. The fourth-order valence-corrected chi connectivity index (χ4v) is 4.11. The van der Waals surface area contributed by atoms with E-state index >= 15 is 0 Å². The van der Waals surface area contributed by atoms with Gasteiger partial charge in [0.1, 0.15) is 18.0 Å². The minimum Gasteiger partial charge on any atom is -0.378 e. The summed E-state index contributed by atoms with van der Waals surface area (Å²) in [5.41, 5.74) is 0.783. The van der Waals surface area contributed by atoms with E-state index in [9.17, 15) is 0 Å². The lowest BCUT2D eigenvalue weighted by Crippen LogP contribution is -2.44. The van der Waals surface area contributed by atoms with Crippen LogP contribution < -0.4 is 14.7 Å². The Bertz CT molecular complexity index is 963. The van der Waals surface area contributed by atoms with Crippen molar-refractivity contribution in [2.24, 2.45) is 0 Å². The molecule has 2 aliphatic rings. The number of hydrogen-bond donors (Lipinski definition) is 1. The molecule has 152 valence electrons. The highest BCUT2D eigenvalue weighted by molar-refractivity contribution is 5.86. The number of rotatable bonds is 4. The number of anilines is 3. The zero-order chi connectivity index (χ0) is 19.6. The van der Waals surface area contributed by atoms with Gasteiger partial charge in [-0.25, -0.2) is 15.0 Å². The molecule has 0 radical (unpaired) electrons. The topological polar surface area (TPSA) is 99.2 Å². The Balaban J connectivity index is 1.26. The van der Waals surface area contributed by atoms with E-state index in [1.807, 2.05) is 12.3 Å². The Labute approximate surface area is 168 Å². The molecule has 0 aromatic carbocycles. The van der Waals surface area contributed by atoms with Crippen LogP contribution >= 0.6 is 0 Å². The third-order valence-corrected chi connectivity index (χ3v) is 5.82. The fourth-order valence-electron chi connectivity index (χ4n) is 4.11. The zero-order valence-corrected chi connectivity index (χ0v) is 16.5. The van der Waals surface area contributed by atoms with Gasteiger partial charge in [-0.3, -0.25) is 5.10 Å². The second-order valence-corrected chi connectivity index (χ2v) is 7.47. The van der Waals surface area contributed by atoms with Crippen molar-refractivity contribution in [3.63, 3.8) is 0 Å². The monoisotopic (exact) mass is 395 g/mol. The van der Waals surface area contributed by atoms with Gasteiger partial charge in [-0.1, -0.05) is 0 Å². The molecule has 0 aliphatic carbocycles. The van der Waals surface area contributed by atoms with Crippen molar-refractivity contribution >= 4 is 28.6 Å². The third-order valence-electron chi connectivity index (χ3n) is 5.82. The molecule has 5 heterocycles. The summed E-state index contributed by atoms with van der Waals surface area (Å²) in [6.07, 6.45) is 7.34. The second-order valence-electron chi connectivity index (χ2n) is 7.47. The van der Waals surface area contributed by atoms with Gasteiger partial charge in [-0.05, 0) is 18.9 Å². The highest BCUT2D eigenvalue weighted by Crippen LogP contribution is 2.27. The van der Waals surface area contributed by atoms with E-state index in [0.29, 0.717) is 6.04 Å². The first-order valence-electron chi connectivity index (χ1n) is 10.1. The van der Waals surface area contributed by atoms with Gasteiger partial charge in [0.2, 0.25) is 5.95 Å². The van der Waals surface area contributed by atoms with Crippen LogP contribution in [0, 0.1) is 0 Å². The lowest BCUT2D eigenvalue weighted by molar-refractivity contribution is 0.122. The Kier molecular flexibility index (Phi) is 4.84. The molecule has 0 unspecified atom stereocenters. The molecule has 2 saturated heterocycles. The van der Waals surface area contributed by atoms with Gasteiger partial charge in [0.15, 0.2) is 5.65 Å². The molecule has 0 saturated carbocycles. The summed E-state index contributed by atoms with van der Waals surface area (Å²) in [6, 6.07) is 2.43. The van der Waals surface area contributed by atoms with Crippen LogP contribution in [0.3, 0.4) is 0 Å². The van der Waals surface area contributed by atoms with Crippen molar-refractivity contribution in [1.29, 1.82) is 0 Å². The molecule has 0 spiro atoms. The Hall–Kier alpha value is -3.01. The molecule has 29 heavy (non-hydrogen) atoms. The van der Waals surface area contributed by atoms with Crippen molar-refractivity contribution in [2.75, 3.05) is 61.1 Å². The predicted molar refractivity (Wildman–Crippen MR) is 110 cm³/mol. The predicted octanol–water partition coefficient (Wildman–Crippen LogP) is 1.08. The lowest BCUT2D eigenvalue weighted by atomic mass is 10.0. The van der Waals surface area contributed by atoms with Gasteiger partial charge in [0.25, 0.3) is 0 Å². The first-order chi connectivity index (χ1) is 14.3. The van der Waals surface area contributed by atoms with E-state index in [4.69, 9.17) is 9.72 Å². The minimum atomic E-state index is 0.431. The van der Waals surface area contributed by atoms with E-state index in [0.717, 1.165) is 80.9 Å². The van der Waals surface area contributed by atoms with Crippen molar-refractivity contribution in [1.82, 2.24) is 30.1 Å². The summed E-state index contributed by atoms with van der Waals surface area (Å²) in [4.78, 5) is 24.8. The van der Waals surface area contributed by atoms with Crippen molar-refractivity contribution in [2.45, 2.75) is 18.9 Å². The number of piperidine rings is 1. The standard InChI is InChI=1S/C19H25N9O/c1-26(16-2-5-20-19(24-16)28-8-10-29-11-9-28)14-3-6-27(7-4-14)18-15-12-23-25-17(15)21-13-22-18/h2,5,12-14H,3-4,6-11H2,1H3,(H,21,22,23,25). The quantitative estimate of drug-likeness (QED) is 0.696. The number of nitrogens with zero attached hydrogens (tertiary/aromatic N) is 8. The van der Waals surface area contributed by atoms with Gasteiger partial charge in [-0.15, -0.1) is 0 Å². The van der Waals surface area contributed by atoms with Crippen LogP contribution in [0.5, 0.6) is 0 Å². The Morgan fingerprint density at radius 3 is 2.72 bits per heavy atom. The molecule has 0 atom stereocenters. The highest BCUT2D eigenvalue weighted by atomic mass is 16.5. The Morgan fingerprint density at radius 1 is 1.07 bits per heavy atom. The first kappa shape index (κ1) is 18.0. The molecule has 10 nitrogen and oxygen atoms in total. The summed E-state index contributed by atoms with van der Waals surface area (Å²) in [6.45, 7) is 5.02. The average Bonchev–Trinajstić information content (AvgIpc) is 3.28. The normalized spacial score (nSPS) is 18.4. The molecule has 0 bridgehead atoms. The molecule has 5 rings (SSSR count). The molecular formula is C19H25N9O. The fraction of sp³-hybridized carbons (Fsp3) is 0.526. The third kappa shape index (κ3) is 3.55. The number of ether oxygens (including phenoxy) is 1. The van der Waals surface area contributed by atoms with Crippen molar-refractivity contribution < 1.29 is 4.74 Å². The van der Waals surface area contributed by atoms with Crippen LogP contribution in [0.15, 0.2) is 24.8 Å². The highest BCUT2D eigenvalue weighted by Gasteiger charge is 2.26. The second kappa shape index (κ2) is 7.78. The molecule has 2 fully saturated rings. The molecule has 3 aromatic heterocycles. The van der Waals surface area contributed by atoms with Crippen LogP contribution in [0.25, 0.3) is 11.0 Å². The van der Waals surface area contributed by atoms with Gasteiger partial charge >= 0.3 is 0 Å². The van der Waals surface area contributed by atoms with E-state index in [-0.39, 0.29) is 0 Å². The first-order valence-corrected chi connectivity index (χ1v) is 10.1. The van der Waals surface area contributed by atoms with Gasteiger partial charge in [-0.2, -0.15) is 10.1 Å². The number of aromatic amines is 1. The van der Waals surface area contributed by atoms with Crippen LogP contribution in [-0.2, 0) is 4.74 Å². The molecule has 2 aliphatic heterocycles. The van der Waals surface area contributed by atoms with E-state index in [1.165, 1.54) is 0 Å². The lowest BCUT2D eigenvalue weighted by Gasteiger charge is -2.38. The molecule has 10 heteroatoms. The van der Waals surface area contributed by atoms with Crippen molar-refractivity contribution in [3.8, 4) is 0 Å². The van der Waals surface area contributed by atoms with Crippen LogP contribution in [0.1, 0.15) is 12.8 Å². The maximum absolute atomic E-state index is 5.43. The summed E-state index contributed by atoms with van der Waals surface area (Å²) < 4.78 is 5.43. The summed E-state index contributed by atoms with van der Waals surface area (Å²) in [5.74, 6) is 2.72. The van der Waals surface area contributed by atoms with E-state index < -0.39 is 0 Å². The molecule has 1 N–H and O–H groups in total. The molecule has 3 aromatic rings. The SMILES string of the molecule is CN(c1ccnc(N2CCOCC2)n1)C1CCN(c2ncnc3[nH]ncc23)CC1. The summed E-state index contributed by atoms with van der Waals surface area (Å²) in [7, 11) is 2.13. The Morgan fingerprint density at radius 2 is 1.90 bits per heavy atom.